The normalized spacial score (nSPS) is 24.6. The van der Waals surface area contributed by atoms with Crippen LogP contribution in [0.2, 0.25) is 18.6 Å². The minimum atomic E-state index is -2.73. The van der Waals surface area contributed by atoms with Gasteiger partial charge in [-0.15, -0.1) is 0 Å². The predicted molar refractivity (Wildman–Crippen MR) is 150 cm³/mol. The fraction of sp³-hybridized carbons (Fsp3) is 0.333. The average Bonchev–Trinajstić information content (AvgIpc) is 3.33. The monoisotopic (exact) mass is 530 g/mol. The summed E-state index contributed by atoms with van der Waals surface area (Å²) in [5, 5.41) is 9.74. The average molecular weight is 531 g/mol. The second kappa shape index (κ2) is 10.1. The number of anilines is 3. The third kappa shape index (κ3) is 4.27. The van der Waals surface area contributed by atoms with Crippen LogP contribution in [0.4, 0.5) is 17.1 Å². The van der Waals surface area contributed by atoms with Gasteiger partial charge in [-0.05, 0) is 55.4 Å². The van der Waals surface area contributed by atoms with Gasteiger partial charge >= 0.3 is 0 Å². The number of ether oxygens (including phenoxy) is 1. The highest BCUT2D eigenvalue weighted by molar-refractivity contribution is 6.71. The van der Waals surface area contributed by atoms with E-state index in [1.807, 2.05) is 98.9 Å². The lowest BCUT2D eigenvalue weighted by molar-refractivity contribution is -0.146. The van der Waals surface area contributed by atoms with Gasteiger partial charge in [0.2, 0.25) is 6.41 Å². The standard InChI is InChI=1S/C30H34N2O5Si/c1-21-28(38(2,3)36)27(16-17-33)37-30(21)25-14-7-8-15-26(25)31(29(30)35)19-22-10-9-13-24(18-22)32(20-34)23-11-5-4-6-12-23/h4-15,18,20-21,27-28,33,36H,16-17,19H2,1-3H3/t21-,27+,28-,30+/m1/s1. The molecule has 0 saturated carbocycles. The number of aliphatic hydroxyl groups is 1. The second-order valence-corrected chi connectivity index (χ2v) is 14.7. The molecule has 8 heteroatoms. The maximum Gasteiger partial charge on any atom is 0.264 e. The molecule has 7 nitrogen and oxygen atoms in total. The van der Waals surface area contributed by atoms with Crippen LogP contribution in [-0.4, -0.2) is 43.2 Å². The van der Waals surface area contributed by atoms with Crippen molar-refractivity contribution in [2.24, 2.45) is 5.92 Å². The van der Waals surface area contributed by atoms with Gasteiger partial charge in [-0.25, -0.2) is 0 Å². The lowest BCUT2D eigenvalue weighted by Gasteiger charge is -2.32. The van der Waals surface area contributed by atoms with Crippen LogP contribution in [0.3, 0.4) is 0 Å². The van der Waals surface area contributed by atoms with Crippen molar-refractivity contribution in [3.8, 4) is 0 Å². The van der Waals surface area contributed by atoms with Crippen molar-refractivity contribution < 1.29 is 24.2 Å². The van der Waals surface area contributed by atoms with Gasteiger partial charge in [0, 0.05) is 35.0 Å². The van der Waals surface area contributed by atoms with Crippen molar-refractivity contribution in [3.05, 3.63) is 90.0 Å². The van der Waals surface area contributed by atoms with Crippen LogP contribution in [0.15, 0.2) is 78.9 Å². The highest BCUT2D eigenvalue weighted by Gasteiger charge is 2.65. The molecule has 0 unspecified atom stereocenters. The number of carbonyl (C=O) groups excluding carboxylic acids is 2. The van der Waals surface area contributed by atoms with Gasteiger partial charge in [-0.2, -0.15) is 0 Å². The van der Waals surface area contributed by atoms with E-state index < -0.39 is 20.0 Å². The van der Waals surface area contributed by atoms with E-state index in [0.717, 1.165) is 28.9 Å². The molecule has 1 saturated heterocycles. The van der Waals surface area contributed by atoms with E-state index >= 15 is 0 Å². The molecule has 2 amide bonds. The Labute approximate surface area is 224 Å². The smallest absolute Gasteiger partial charge is 0.264 e. The van der Waals surface area contributed by atoms with E-state index in [1.165, 1.54) is 0 Å². The zero-order valence-corrected chi connectivity index (χ0v) is 22.9. The Kier molecular flexibility index (Phi) is 7.00. The maximum absolute atomic E-state index is 14.3. The number of fused-ring (bicyclic) bond motifs is 2. The van der Waals surface area contributed by atoms with Crippen LogP contribution in [0, 0.1) is 5.92 Å². The molecule has 1 fully saturated rings. The molecule has 2 aliphatic rings. The number of hydrogen-bond donors (Lipinski definition) is 2. The van der Waals surface area contributed by atoms with Gasteiger partial charge in [-0.3, -0.25) is 14.5 Å². The van der Waals surface area contributed by atoms with Gasteiger partial charge in [-0.1, -0.05) is 55.5 Å². The summed E-state index contributed by atoms with van der Waals surface area (Å²) in [4.78, 5) is 40.8. The molecule has 2 N–H and O–H groups in total. The van der Waals surface area contributed by atoms with Gasteiger partial charge in [0.1, 0.15) is 0 Å². The molecule has 0 radical (unpaired) electrons. The summed E-state index contributed by atoms with van der Waals surface area (Å²) in [5.74, 6) is -0.421. The highest BCUT2D eigenvalue weighted by atomic mass is 28.4. The summed E-state index contributed by atoms with van der Waals surface area (Å²) in [6.45, 7) is 5.98. The maximum atomic E-state index is 14.3. The summed E-state index contributed by atoms with van der Waals surface area (Å²) < 4.78 is 6.61. The Balaban J connectivity index is 1.52. The Morgan fingerprint density at radius 2 is 1.71 bits per heavy atom. The van der Waals surface area contributed by atoms with Crippen molar-refractivity contribution in [1.82, 2.24) is 0 Å². The number of rotatable bonds is 8. The first kappa shape index (κ1) is 26.3. The van der Waals surface area contributed by atoms with E-state index in [2.05, 4.69) is 0 Å². The number of benzene rings is 3. The quantitative estimate of drug-likeness (QED) is 0.325. The molecule has 1 spiro atoms. The van der Waals surface area contributed by atoms with Crippen LogP contribution in [-0.2, 0) is 26.5 Å². The lowest BCUT2D eigenvalue weighted by atomic mass is 9.82. The van der Waals surface area contributed by atoms with Crippen LogP contribution >= 0.6 is 0 Å². The summed E-state index contributed by atoms with van der Waals surface area (Å²) in [7, 11) is -2.73. The van der Waals surface area contributed by atoms with Gasteiger partial charge in [0.05, 0.1) is 18.3 Å². The van der Waals surface area contributed by atoms with Crippen LogP contribution in [0.1, 0.15) is 24.5 Å². The zero-order valence-electron chi connectivity index (χ0n) is 21.9. The highest BCUT2D eigenvalue weighted by Crippen LogP contribution is 2.59. The topological polar surface area (TPSA) is 90.3 Å². The molecule has 38 heavy (non-hydrogen) atoms. The van der Waals surface area contributed by atoms with E-state index in [1.54, 1.807) is 9.80 Å². The zero-order chi connectivity index (χ0) is 27.1. The number of aliphatic hydroxyl groups excluding tert-OH is 1. The first-order chi connectivity index (χ1) is 18.2. The van der Waals surface area contributed by atoms with Gasteiger partial charge < -0.3 is 19.5 Å². The molecule has 5 rings (SSSR count). The molecule has 3 aromatic rings. The molecular weight excluding hydrogens is 496 g/mol. The van der Waals surface area contributed by atoms with Crippen molar-refractivity contribution in [3.63, 3.8) is 0 Å². The predicted octanol–water partition coefficient (Wildman–Crippen LogP) is 4.71. The minimum Gasteiger partial charge on any atom is -0.432 e. The molecule has 3 aromatic carbocycles. The van der Waals surface area contributed by atoms with Crippen LogP contribution in [0.25, 0.3) is 0 Å². The molecule has 0 bridgehead atoms. The Bertz CT molecular complexity index is 1330. The summed E-state index contributed by atoms with van der Waals surface area (Å²) in [5.41, 5.74) is 2.50. The largest absolute Gasteiger partial charge is 0.432 e. The molecule has 2 heterocycles. The van der Waals surface area contributed by atoms with Crippen molar-refractivity contribution in [1.29, 1.82) is 0 Å². The fourth-order valence-corrected chi connectivity index (χ4v) is 9.04. The lowest BCUT2D eigenvalue weighted by Crippen LogP contribution is -2.46. The molecular formula is C30H34N2O5Si. The van der Waals surface area contributed by atoms with Crippen LogP contribution < -0.4 is 9.80 Å². The van der Waals surface area contributed by atoms with Crippen LogP contribution in [0.5, 0.6) is 0 Å². The molecule has 198 valence electrons. The minimum absolute atomic E-state index is 0.0740. The summed E-state index contributed by atoms with van der Waals surface area (Å²) >= 11 is 0. The van der Waals surface area contributed by atoms with Crippen molar-refractivity contribution in [2.75, 3.05) is 16.4 Å². The van der Waals surface area contributed by atoms with Crippen molar-refractivity contribution >= 4 is 37.7 Å². The van der Waals surface area contributed by atoms with E-state index in [-0.39, 0.29) is 24.0 Å². The summed E-state index contributed by atoms with van der Waals surface area (Å²) in [6, 6.07) is 24.7. The molecule has 0 aliphatic carbocycles. The third-order valence-electron chi connectivity index (χ3n) is 7.97. The second-order valence-electron chi connectivity index (χ2n) is 10.8. The van der Waals surface area contributed by atoms with Crippen molar-refractivity contribution in [2.45, 2.75) is 50.2 Å². The molecule has 2 aliphatic heterocycles. The molecule has 4 atom stereocenters. The number of hydrogen-bond acceptors (Lipinski definition) is 5. The molecule has 0 aromatic heterocycles. The SMILES string of the molecule is C[C@@H]1[C@@H]([Si](C)(C)O)[C@H](CCO)O[C@@]12C(=O)N(Cc1cccc(N(C=O)c3ccccc3)c1)c1ccccc12. The van der Waals surface area contributed by atoms with E-state index in [0.29, 0.717) is 18.7 Å². The fourth-order valence-electron chi connectivity index (χ4n) is 6.43. The first-order valence-corrected chi connectivity index (χ1v) is 16.1. The van der Waals surface area contributed by atoms with Gasteiger partial charge in [0.25, 0.3) is 5.91 Å². The summed E-state index contributed by atoms with van der Waals surface area (Å²) in [6.07, 6.45) is 0.746. The number of carbonyl (C=O) groups is 2. The number of para-hydroxylation sites is 2. The van der Waals surface area contributed by atoms with Gasteiger partial charge in [0.15, 0.2) is 13.9 Å². The third-order valence-corrected chi connectivity index (χ3v) is 10.5. The Hall–Kier alpha value is -3.30. The van der Waals surface area contributed by atoms with E-state index in [9.17, 15) is 19.5 Å². The van der Waals surface area contributed by atoms with E-state index in [4.69, 9.17) is 4.74 Å². The Morgan fingerprint density at radius 1 is 1.03 bits per heavy atom. The Morgan fingerprint density at radius 3 is 2.39 bits per heavy atom. The number of nitrogens with zero attached hydrogens (tertiary/aromatic N) is 2. The number of amides is 2. The first-order valence-electron chi connectivity index (χ1n) is 13.0.